The number of nitrogens with one attached hydrogen (secondary N) is 1. The van der Waals surface area contributed by atoms with Gasteiger partial charge in [0.05, 0.1) is 10.5 Å². The molecule has 3 amide bonds. The minimum atomic E-state index is -1.02. The van der Waals surface area contributed by atoms with Crippen molar-refractivity contribution < 1.29 is 28.7 Å². The van der Waals surface area contributed by atoms with Crippen LogP contribution in [0.2, 0.25) is 0 Å². The fraction of sp³-hybridized carbons (Fsp3) is 0.120. The van der Waals surface area contributed by atoms with Crippen LogP contribution < -0.4 is 5.32 Å². The zero-order valence-electron chi connectivity index (χ0n) is 18.3. The van der Waals surface area contributed by atoms with E-state index in [1.165, 1.54) is 12.1 Å². The van der Waals surface area contributed by atoms with E-state index in [9.17, 15) is 19.2 Å². The maximum atomic E-state index is 12.7. The predicted molar refractivity (Wildman–Crippen MR) is 128 cm³/mol. The Morgan fingerprint density at radius 2 is 1.79 bits per heavy atom. The number of hydrogen-bond donors (Lipinski definition) is 2. The second-order valence-electron chi connectivity index (χ2n) is 7.72. The summed E-state index contributed by atoms with van der Waals surface area (Å²) in [6.45, 7) is 3.31. The van der Waals surface area contributed by atoms with E-state index >= 15 is 0 Å². The largest absolute Gasteiger partial charge is 0.478 e. The first-order valence-electron chi connectivity index (χ1n) is 10.3. The second-order valence-corrected chi connectivity index (χ2v) is 8.71. The number of imide groups is 1. The van der Waals surface area contributed by atoms with Crippen molar-refractivity contribution in [3.8, 4) is 11.3 Å². The van der Waals surface area contributed by atoms with Crippen LogP contribution in [0.15, 0.2) is 63.9 Å². The Hall–Kier alpha value is -4.11. The van der Waals surface area contributed by atoms with Gasteiger partial charge in [0.2, 0.25) is 5.91 Å². The maximum absolute atomic E-state index is 12.7. The molecule has 1 fully saturated rings. The van der Waals surface area contributed by atoms with Crippen LogP contribution in [-0.2, 0) is 9.59 Å². The highest BCUT2D eigenvalue weighted by atomic mass is 32.2. The Morgan fingerprint density at radius 1 is 1.06 bits per heavy atom. The lowest BCUT2D eigenvalue weighted by molar-refractivity contribution is -0.127. The van der Waals surface area contributed by atoms with Gasteiger partial charge in [-0.25, -0.2) is 4.79 Å². The summed E-state index contributed by atoms with van der Waals surface area (Å²) in [6, 6.07) is 15.2. The second kappa shape index (κ2) is 9.40. The summed E-state index contributed by atoms with van der Waals surface area (Å²) in [7, 11) is 0. The highest BCUT2D eigenvalue weighted by molar-refractivity contribution is 8.18. The lowest BCUT2D eigenvalue weighted by atomic mass is 10.0. The summed E-state index contributed by atoms with van der Waals surface area (Å²) in [4.78, 5) is 49.6. The quantitative estimate of drug-likeness (QED) is 0.484. The Kier molecular flexibility index (Phi) is 6.38. The number of furan rings is 1. The van der Waals surface area contributed by atoms with Gasteiger partial charge in [-0.05, 0) is 67.6 Å². The number of carboxylic acids is 1. The van der Waals surface area contributed by atoms with E-state index in [4.69, 9.17) is 9.52 Å². The molecule has 0 bridgehead atoms. The van der Waals surface area contributed by atoms with Crippen LogP contribution in [0.3, 0.4) is 0 Å². The molecule has 0 radical (unpaired) electrons. The summed E-state index contributed by atoms with van der Waals surface area (Å²) < 4.78 is 5.80. The molecule has 1 aliphatic rings. The smallest absolute Gasteiger partial charge is 0.335 e. The molecule has 2 heterocycles. The standard InChI is InChI=1S/C25H20N2O6S/c1-14-3-6-17(7-4-14)26-22(28)13-27-23(29)21(34-25(27)32)12-18-8-10-20(33-18)19-9-5-16(24(30)31)11-15(19)2/h3-12H,13H2,1-2H3,(H,26,28)(H,30,31)/b21-12-. The normalized spacial score (nSPS) is 14.6. The van der Waals surface area contributed by atoms with Crippen LogP contribution >= 0.6 is 11.8 Å². The molecule has 9 heteroatoms. The molecule has 1 aliphatic heterocycles. The monoisotopic (exact) mass is 476 g/mol. The van der Waals surface area contributed by atoms with Gasteiger partial charge < -0.3 is 14.8 Å². The van der Waals surface area contributed by atoms with Crippen LogP contribution in [0.25, 0.3) is 17.4 Å². The number of benzene rings is 2. The van der Waals surface area contributed by atoms with Gasteiger partial charge >= 0.3 is 5.97 Å². The number of rotatable bonds is 6. The van der Waals surface area contributed by atoms with Crippen molar-refractivity contribution in [2.24, 2.45) is 0 Å². The summed E-state index contributed by atoms with van der Waals surface area (Å²) >= 11 is 0.734. The number of carboxylic acid groups (broad SMARTS) is 1. The van der Waals surface area contributed by atoms with E-state index in [1.807, 2.05) is 19.1 Å². The molecule has 0 unspecified atom stereocenters. The molecular formula is C25H20N2O6S. The van der Waals surface area contributed by atoms with Crippen molar-refractivity contribution in [1.82, 2.24) is 4.90 Å². The Balaban J connectivity index is 1.46. The summed E-state index contributed by atoms with van der Waals surface area (Å²) in [5.41, 5.74) is 3.23. The third-order valence-corrected chi connectivity index (χ3v) is 6.06. The number of carbonyl (C=O) groups excluding carboxylic acids is 3. The summed E-state index contributed by atoms with van der Waals surface area (Å²) in [6.07, 6.45) is 1.45. The average molecular weight is 477 g/mol. The van der Waals surface area contributed by atoms with Crippen molar-refractivity contribution in [2.45, 2.75) is 13.8 Å². The average Bonchev–Trinajstić information content (AvgIpc) is 3.35. The number of anilines is 1. The zero-order chi connectivity index (χ0) is 24.4. The summed E-state index contributed by atoms with van der Waals surface area (Å²) in [5, 5.41) is 11.2. The Labute approximate surface area is 199 Å². The van der Waals surface area contributed by atoms with Gasteiger partial charge in [0, 0.05) is 17.3 Å². The van der Waals surface area contributed by atoms with Crippen LogP contribution in [0, 0.1) is 13.8 Å². The van der Waals surface area contributed by atoms with Gasteiger partial charge in [-0.1, -0.05) is 23.8 Å². The Morgan fingerprint density at radius 3 is 2.47 bits per heavy atom. The molecule has 2 aromatic carbocycles. The number of carbonyl (C=O) groups is 4. The first-order valence-corrected chi connectivity index (χ1v) is 11.1. The molecule has 3 aromatic rings. The van der Waals surface area contributed by atoms with Crippen molar-refractivity contribution in [1.29, 1.82) is 0 Å². The first kappa shape index (κ1) is 23.1. The maximum Gasteiger partial charge on any atom is 0.335 e. The third kappa shape index (κ3) is 4.94. The van der Waals surface area contributed by atoms with Gasteiger partial charge in [-0.3, -0.25) is 19.3 Å². The number of hydrogen-bond acceptors (Lipinski definition) is 6. The van der Waals surface area contributed by atoms with Gasteiger partial charge in [0.1, 0.15) is 18.1 Å². The highest BCUT2D eigenvalue weighted by Gasteiger charge is 2.36. The molecule has 172 valence electrons. The highest BCUT2D eigenvalue weighted by Crippen LogP contribution is 2.34. The van der Waals surface area contributed by atoms with E-state index in [-0.39, 0.29) is 10.5 Å². The van der Waals surface area contributed by atoms with Gasteiger partial charge in [-0.2, -0.15) is 0 Å². The van der Waals surface area contributed by atoms with Crippen molar-refractivity contribution in [3.63, 3.8) is 0 Å². The van der Waals surface area contributed by atoms with Gasteiger partial charge in [-0.15, -0.1) is 0 Å². The first-order chi connectivity index (χ1) is 16.2. The van der Waals surface area contributed by atoms with E-state index in [1.54, 1.807) is 43.3 Å². The van der Waals surface area contributed by atoms with Gasteiger partial charge in [0.15, 0.2) is 0 Å². The molecule has 34 heavy (non-hydrogen) atoms. The molecule has 8 nitrogen and oxygen atoms in total. The lowest BCUT2D eigenvalue weighted by Crippen LogP contribution is -2.36. The predicted octanol–water partition coefficient (Wildman–Crippen LogP) is 4.94. The molecule has 0 atom stereocenters. The van der Waals surface area contributed by atoms with Gasteiger partial charge in [0.25, 0.3) is 11.1 Å². The van der Waals surface area contributed by atoms with E-state index < -0.39 is 29.6 Å². The number of nitrogens with zero attached hydrogens (tertiary/aromatic N) is 1. The SMILES string of the molecule is Cc1ccc(NC(=O)CN2C(=O)S/C(=C\c3ccc(-c4ccc(C(=O)O)cc4C)o3)C2=O)cc1. The van der Waals surface area contributed by atoms with Crippen LogP contribution in [0.4, 0.5) is 10.5 Å². The number of aromatic carboxylic acids is 1. The number of aryl methyl sites for hydroxylation is 2. The molecular weight excluding hydrogens is 456 g/mol. The minimum absolute atomic E-state index is 0.145. The van der Waals surface area contributed by atoms with Crippen molar-refractivity contribution in [3.05, 3.63) is 82.0 Å². The molecule has 1 saturated heterocycles. The third-order valence-electron chi connectivity index (χ3n) is 5.15. The minimum Gasteiger partial charge on any atom is -0.478 e. The van der Waals surface area contributed by atoms with Crippen molar-refractivity contribution in [2.75, 3.05) is 11.9 Å². The van der Waals surface area contributed by atoms with E-state index in [2.05, 4.69) is 5.32 Å². The van der Waals surface area contributed by atoms with Crippen molar-refractivity contribution >= 4 is 46.5 Å². The molecule has 1 aromatic heterocycles. The lowest BCUT2D eigenvalue weighted by Gasteiger charge is -2.12. The summed E-state index contributed by atoms with van der Waals surface area (Å²) in [5.74, 6) is -1.22. The number of amides is 3. The zero-order valence-corrected chi connectivity index (χ0v) is 19.1. The number of thioether (sulfide) groups is 1. The fourth-order valence-electron chi connectivity index (χ4n) is 3.39. The van der Waals surface area contributed by atoms with Crippen LogP contribution in [0.5, 0.6) is 0 Å². The molecule has 2 N–H and O–H groups in total. The van der Waals surface area contributed by atoms with Crippen LogP contribution in [0.1, 0.15) is 27.2 Å². The Bertz CT molecular complexity index is 1340. The van der Waals surface area contributed by atoms with E-state index in [0.717, 1.165) is 27.8 Å². The van der Waals surface area contributed by atoms with E-state index in [0.29, 0.717) is 22.8 Å². The molecule has 0 spiro atoms. The topological polar surface area (TPSA) is 117 Å². The fourth-order valence-corrected chi connectivity index (χ4v) is 4.21. The molecule has 4 rings (SSSR count). The molecule has 0 saturated carbocycles. The molecule has 0 aliphatic carbocycles. The van der Waals surface area contributed by atoms with Crippen LogP contribution in [-0.4, -0.2) is 39.6 Å².